The maximum Gasteiger partial charge on any atom is 0.243 e. The summed E-state index contributed by atoms with van der Waals surface area (Å²) in [5.74, 6) is 1.42. The molecule has 12 heteroatoms. The van der Waals surface area contributed by atoms with E-state index >= 15 is 0 Å². The van der Waals surface area contributed by atoms with Crippen molar-refractivity contribution >= 4 is 20.0 Å². The third kappa shape index (κ3) is 5.50. The molecule has 1 fully saturated rings. The van der Waals surface area contributed by atoms with Crippen LogP contribution < -0.4 is 18.9 Å². The van der Waals surface area contributed by atoms with E-state index in [1.807, 2.05) is 0 Å². The fourth-order valence-electron chi connectivity index (χ4n) is 4.07. The van der Waals surface area contributed by atoms with Gasteiger partial charge in [-0.2, -0.15) is 8.61 Å². The van der Waals surface area contributed by atoms with Gasteiger partial charge in [0.1, 0.15) is 0 Å². The molecular formula is C23H32N2O8S2. The van der Waals surface area contributed by atoms with Gasteiger partial charge in [-0.05, 0) is 37.1 Å². The van der Waals surface area contributed by atoms with Gasteiger partial charge in [-0.1, -0.05) is 6.42 Å². The molecule has 2 aromatic carbocycles. The van der Waals surface area contributed by atoms with Crippen LogP contribution in [0.4, 0.5) is 0 Å². The average molecular weight is 529 g/mol. The summed E-state index contributed by atoms with van der Waals surface area (Å²) in [7, 11) is -0.543. The van der Waals surface area contributed by atoms with Crippen LogP contribution in [-0.2, 0) is 20.0 Å². The molecule has 194 valence electrons. The minimum atomic E-state index is -3.93. The van der Waals surface area contributed by atoms with Crippen LogP contribution in [0.25, 0.3) is 0 Å². The molecule has 1 heterocycles. The van der Waals surface area contributed by atoms with E-state index in [9.17, 15) is 16.8 Å². The highest BCUT2D eigenvalue weighted by Crippen LogP contribution is 2.33. The third-order valence-electron chi connectivity index (χ3n) is 6.15. The van der Waals surface area contributed by atoms with Gasteiger partial charge in [0.05, 0.1) is 38.2 Å². The van der Waals surface area contributed by atoms with E-state index in [1.54, 1.807) is 0 Å². The maximum absolute atomic E-state index is 13.5. The van der Waals surface area contributed by atoms with Crippen molar-refractivity contribution in [3.8, 4) is 23.0 Å². The van der Waals surface area contributed by atoms with Crippen LogP contribution in [0.5, 0.6) is 23.0 Å². The monoisotopic (exact) mass is 528 g/mol. The van der Waals surface area contributed by atoms with Crippen molar-refractivity contribution in [2.75, 3.05) is 48.6 Å². The van der Waals surface area contributed by atoms with E-state index in [0.29, 0.717) is 42.3 Å². The molecule has 1 saturated heterocycles. The molecule has 0 aliphatic carbocycles. The lowest BCUT2D eigenvalue weighted by Crippen LogP contribution is -2.45. The topological polar surface area (TPSA) is 112 Å². The van der Waals surface area contributed by atoms with Crippen molar-refractivity contribution in [1.29, 1.82) is 0 Å². The molecule has 1 atom stereocenters. The van der Waals surface area contributed by atoms with Crippen LogP contribution in [-0.4, -0.2) is 80.1 Å². The first-order valence-electron chi connectivity index (χ1n) is 11.0. The highest BCUT2D eigenvalue weighted by Gasteiger charge is 2.35. The Morgan fingerprint density at radius 1 is 0.771 bits per heavy atom. The number of benzene rings is 2. The average Bonchev–Trinajstić information content (AvgIpc) is 3.14. The van der Waals surface area contributed by atoms with E-state index in [1.165, 1.54) is 80.5 Å². The van der Waals surface area contributed by atoms with Gasteiger partial charge in [-0.25, -0.2) is 16.8 Å². The van der Waals surface area contributed by atoms with E-state index in [-0.39, 0.29) is 22.9 Å². The summed E-state index contributed by atoms with van der Waals surface area (Å²) >= 11 is 0. The summed E-state index contributed by atoms with van der Waals surface area (Å²) in [6, 6.07) is 8.24. The molecule has 3 rings (SSSR count). The molecule has 1 unspecified atom stereocenters. The number of hydrogen-bond acceptors (Lipinski definition) is 8. The van der Waals surface area contributed by atoms with Crippen LogP contribution >= 0.6 is 0 Å². The highest BCUT2D eigenvalue weighted by atomic mass is 32.2. The number of rotatable bonds is 9. The van der Waals surface area contributed by atoms with Crippen molar-refractivity contribution in [3.05, 3.63) is 36.4 Å². The number of ether oxygens (including phenoxy) is 4. The predicted molar refractivity (Wildman–Crippen MR) is 130 cm³/mol. The second kappa shape index (κ2) is 11.0. The molecule has 1 aliphatic rings. The number of hydrogen-bond donors (Lipinski definition) is 0. The second-order valence-corrected chi connectivity index (χ2v) is 12.0. The smallest absolute Gasteiger partial charge is 0.243 e. The zero-order chi connectivity index (χ0) is 25.8. The van der Waals surface area contributed by atoms with Gasteiger partial charge in [0, 0.05) is 38.3 Å². The minimum absolute atomic E-state index is 0.0275. The predicted octanol–water partition coefficient (Wildman–Crippen LogP) is 2.58. The molecule has 0 amide bonds. The molecule has 0 spiro atoms. The molecule has 10 nitrogen and oxygen atoms in total. The van der Waals surface area contributed by atoms with E-state index in [2.05, 4.69) is 0 Å². The first-order valence-corrected chi connectivity index (χ1v) is 13.9. The number of likely N-dealkylation sites (N-methyl/N-ethyl adjacent to an activating group) is 1. The van der Waals surface area contributed by atoms with Gasteiger partial charge in [0.15, 0.2) is 23.0 Å². The number of methoxy groups -OCH3 is 4. The largest absolute Gasteiger partial charge is 0.493 e. The van der Waals surface area contributed by atoms with Crippen LogP contribution in [0, 0.1) is 0 Å². The van der Waals surface area contributed by atoms with Gasteiger partial charge < -0.3 is 18.9 Å². The highest BCUT2D eigenvalue weighted by molar-refractivity contribution is 7.89. The fourth-order valence-corrected chi connectivity index (χ4v) is 6.99. The first-order chi connectivity index (χ1) is 16.6. The third-order valence-corrected chi connectivity index (χ3v) is 9.92. The van der Waals surface area contributed by atoms with Crippen LogP contribution in [0.15, 0.2) is 46.2 Å². The lowest BCUT2D eigenvalue weighted by atomic mass is 10.1. The van der Waals surface area contributed by atoms with Crippen molar-refractivity contribution in [2.24, 2.45) is 0 Å². The Bertz CT molecular complexity index is 1250. The zero-order valence-corrected chi connectivity index (χ0v) is 22.2. The normalized spacial score (nSPS) is 17.6. The van der Waals surface area contributed by atoms with Crippen LogP contribution in [0.2, 0.25) is 0 Å². The van der Waals surface area contributed by atoms with Gasteiger partial charge in [-0.3, -0.25) is 0 Å². The van der Waals surface area contributed by atoms with E-state index in [4.69, 9.17) is 18.9 Å². The molecule has 1 aliphatic heterocycles. The summed E-state index contributed by atoms with van der Waals surface area (Å²) in [6.07, 6.45) is 1.84. The SMILES string of the molecule is COc1ccc(S(=O)(=O)N2CCCCC(N(C)S(=O)(=O)c3ccc(OC)c(OC)c3)C2)cc1OC. The maximum atomic E-state index is 13.5. The molecule has 0 radical (unpaired) electrons. The van der Waals surface area contributed by atoms with Crippen LogP contribution in [0.1, 0.15) is 19.3 Å². The summed E-state index contributed by atoms with van der Waals surface area (Å²) in [6.45, 7) is 0.317. The van der Waals surface area contributed by atoms with Crippen molar-refractivity contribution < 1.29 is 35.8 Å². The van der Waals surface area contributed by atoms with E-state index < -0.39 is 26.1 Å². The Kier molecular flexibility index (Phi) is 8.52. The zero-order valence-electron chi connectivity index (χ0n) is 20.6. The Hall–Kier alpha value is -2.54. The molecule has 2 aromatic rings. The molecule has 0 aromatic heterocycles. The Morgan fingerprint density at radius 3 is 1.83 bits per heavy atom. The van der Waals surface area contributed by atoms with Gasteiger partial charge >= 0.3 is 0 Å². The van der Waals surface area contributed by atoms with Crippen molar-refractivity contribution in [2.45, 2.75) is 35.1 Å². The minimum Gasteiger partial charge on any atom is -0.493 e. The van der Waals surface area contributed by atoms with Crippen LogP contribution in [0.3, 0.4) is 0 Å². The van der Waals surface area contributed by atoms with Gasteiger partial charge in [-0.15, -0.1) is 0 Å². The Morgan fingerprint density at radius 2 is 1.29 bits per heavy atom. The second-order valence-electron chi connectivity index (χ2n) is 8.07. The summed E-state index contributed by atoms with van der Waals surface area (Å²) in [4.78, 5) is 0.0948. The summed E-state index contributed by atoms with van der Waals surface area (Å²) in [5, 5.41) is 0. The number of nitrogens with zero attached hydrogens (tertiary/aromatic N) is 2. The van der Waals surface area contributed by atoms with Gasteiger partial charge in [0.2, 0.25) is 20.0 Å². The number of sulfonamides is 2. The fraction of sp³-hybridized carbons (Fsp3) is 0.478. The Balaban J connectivity index is 1.90. The molecule has 35 heavy (non-hydrogen) atoms. The van der Waals surface area contributed by atoms with Crippen molar-refractivity contribution in [1.82, 2.24) is 8.61 Å². The van der Waals surface area contributed by atoms with Gasteiger partial charge in [0.25, 0.3) is 0 Å². The lowest BCUT2D eigenvalue weighted by Gasteiger charge is -2.30. The standard InChI is InChI=1S/C23H32N2O8S2/c1-24(34(26,27)18-9-11-20(30-2)22(14-18)32-4)17-8-6-7-13-25(16-17)35(28,29)19-10-12-21(31-3)23(15-19)33-5/h9-12,14-15,17H,6-8,13,16H2,1-5H3. The quantitative estimate of drug-likeness (QED) is 0.488. The summed E-state index contributed by atoms with van der Waals surface area (Å²) < 4.78 is 77.3. The molecular weight excluding hydrogens is 496 g/mol. The summed E-state index contributed by atoms with van der Waals surface area (Å²) in [5.41, 5.74) is 0. The van der Waals surface area contributed by atoms with Crippen molar-refractivity contribution in [3.63, 3.8) is 0 Å². The van der Waals surface area contributed by atoms with E-state index in [0.717, 1.165) is 0 Å². The molecule has 0 bridgehead atoms. The lowest BCUT2D eigenvalue weighted by molar-refractivity contribution is 0.302. The molecule has 0 N–H and O–H groups in total. The molecule has 0 saturated carbocycles. The Labute approximate surface area is 207 Å². The first kappa shape index (κ1) is 27.1.